The Bertz CT molecular complexity index is 477. The Labute approximate surface area is 160 Å². The molecule has 1 aliphatic carbocycles. The van der Waals surface area contributed by atoms with E-state index in [-0.39, 0.29) is 5.91 Å². The number of carbonyl (C=O) groups excluding carboxylic acids is 1. The molecular formula is C23H37NO2. The van der Waals surface area contributed by atoms with Crippen molar-refractivity contribution < 1.29 is 9.53 Å². The fraction of sp³-hybridized carbons (Fsp3) is 0.696. The first-order valence-corrected chi connectivity index (χ1v) is 10.7. The van der Waals surface area contributed by atoms with Gasteiger partial charge in [0.2, 0.25) is 5.91 Å². The average Bonchev–Trinajstić information content (AvgIpc) is 3.54. The number of rotatable bonds is 15. The highest BCUT2D eigenvalue weighted by molar-refractivity contribution is 5.76. The fourth-order valence-electron chi connectivity index (χ4n) is 3.03. The van der Waals surface area contributed by atoms with E-state index in [0.29, 0.717) is 24.7 Å². The van der Waals surface area contributed by atoms with Crippen LogP contribution in [0, 0.1) is 0 Å². The third kappa shape index (κ3) is 10.6. The van der Waals surface area contributed by atoms with Gasteiger partial charge in [0.15, 0.2) is 0 Å². The summed E-state index contributed by atoms with van der Waals surface area (Å²) in [5, 5.41) is 3.03. The maximum Gasteiger partial charge on any atom is 0.220 e. The van der Waals surface area contributed by atoms with E-state index >= 15 is 0 Å². The minimum Gasteiger partial charge on any atom is -0.369 e. The van der Waals surface area contributed by atoms with Crippen LogP contribution in [0.5, 0.6) is 0 Å². The molecule has 2 fully saturated rings. The Morgan fingerprint density at radius 3 is 2.42 bits per heavy atom. The van der Waals surface area contributed by atoms with E-state index < -0.39 is 0 Å². The molecule has 1 heterocycles. The van der Waals surface area contributed by atoms with Crippen LogP contribution in [0.1, 0.15) is 84.0 Å². The van der Waals surface area contributed by atoms with E-state index in [1.807, 2.05) is 0 Å². The van der Waals surface area contributed by atoms with Crippen LogP contribution in [0.15, 0.2) is 36.5 Å². The predicted octanol–water partition coefficient (Wildman–Crippen LogP) is 5.62. The molecule has 1 amide bonds. The molecule has 2 unspecified atom stereocenters. The largest absolute Gasteiger partial charge is 0.369 e. The third-order valence-corrected chi connectivity index (χ3v) is 4.91. The van der Waals surface area contributed by atoms with Crippen LogP contribution >= 0.6 is 0 Å². The Morgan fingerprint density at radius 2 is 1.69 bits per heavy atom. The summed E-state index contributed by atoms with van der Waals surface area (Å²) in [4.78, 5) is 11.5. The SMILES string of the molecule is CCCCCC1OC1CC=CCC=CCC=CCCCC(=O)NC1CC1. The van der Waals surface area contributed by atoms with E-state index in [1.54, 1.807) is 0 Å². The number of allylic oxidation sites excluding steroid dienone is 5. The lowest BCUT2D eigenvalue weighted by molar-refractivity contribution is -0.121. The number of hydrogen-bond acceptors (Lipinski definition) is 2. The molecular weight excluding hydrogens is 322 g/mol. The zero-order chi connectivity index (χ0) is 18.5. The molecule has 0 aromatic heterocycles. The molecule has 0 bridgehead atoms. The van der Waals surface area contributed by atoms with Crippen molar-refractivity contribution in [1.29, 1.82) is 0 Å². The lowest BCUT2D eigenvalue weighted by Gasteiger charge is -2.00. The van der Waals surface area contributed by atoms with Gasteiger partial charge in [0, 0.05) is 12.5 Å². The highest BCUT2D eigenvalue weighted by Crippen LogP contribution is 2.30. The maximum atomic E-state index is 11.5. The van der Waals surface area contributed by atoms with Gasteiger partial charge in [-0.3, -0.25) is 4.79 Å². The molecule has 0 radical (unpaired) electrons. The van der Waals surface area contributed by atoms with Gasteiger partial charge in [0.1, 0.15) is 0 Å². The molecule has 1 aliphatic heterocycles. The van der Waals surface area contributed by atoms with Crippen LogP contribution in [0.3, 0.4) is 0 Å². The molecule has 2 atom stereocenters. The average molecular weight is 360 g/mol. The van der Waals surface area contributed by atoms with Gasteiger partial charge in [0.25, 0.3) is 0 Å². The molecule has 1 saturated heterocycles. The number of amides is 1. The van der Waals surface area contributed by atoms with Crippen LogP contribution in [-0.2, 0) is 9.53 Å². The molecule has 3 nitrogen and oxygen atoms in total. The van der Waals surface area contributed by atoms with Gasteiger partial charge in [-0.2, -0.15) is 0 Å². The summed E-state index contributed by atoms with van der Waals surface area (Å²) < 4.78 is 5.69. The first-order valence-electron chi connectivity index (χ1n) is 10.7. The van der Waals surface area contributed by atoms with Gasteiger partial charge in [0.05, 0.1) is 12.2 Å². The normalized spacial score (nSPS) is 22.7. The van der Waals surface area contributed by atoms with Gasteiger partial charge in [-0.1, -0.05) is 62.6 Å². The smallest absolute Gasteiger partial charge is 0.220 e. The molecule has 0 spiro atoms. The summed E-state index contributed by atoms with van der Waals surface area (Å²) in [6.45, 7) is 2.24. The lowest BCUT2D eigenvalue weighted by Crippen LogP contribution is -2.24. The van der Waals surface area contributed by atoms with Crippen LogP contribution in [-0.4, -0.2) is 24.2 Å². The van der Waals surface area contributed by atoms with Crippen LogP contribution in [0.2, 0.25) is 0 Å². The summed E-state index contributed by atoms with van der Waals surface area (Å²) in [5.74, 6) is 0.219. The quantitative estimate of drug-likeness (QED) is 0.234. The molecule has 1 N–H and O–H groups in total. The zero-order valence-corrected chi connectivity index (χ0v) is 16.5. The van der Waals surface area contributed by atoms with E-state index in [2.05, 4.69) is 48.7 Å². The standard InChI is InChI=1S/C23H37NO2/c1-2-3-12-15-21-22(26-21)16-13-10-8-6-4-5-7-9-11-14-17-23(25)24-20-18-19-20/h4,6-7,9-10,13,20-22H,2-3,5,8,11-12,14-19H2,1H3,(H,24,25). The highest BCUT2D eigenvalue weighted by Gasteiger charge is 2.36. The summed E-state index contributed by atoms with van der Waals surface area (Å²) in [6.07, 6.45) is 27.5. The van der Waals surface area contributed by atoms with Crippen LogP contribution in [0.4, 0.5) is 0 Å². The molecule has 2 aliphatic rings. The van der Waals surface area contributed by atoms with Crippen molar-refractivity contribution in [2.75, 3.05) is 0 Å². The zero-order valence-electron chi connectivity index (χ0n) is 16.5. The second kappa shape index (κ2) is 12.9. The second-order valence-corrected chi connectivity index (χ2v) is 7.56. The minimum absolute atomic E-state index is 0.219. The van der Waals surface area contributed by atoms with Crippen molar-refractivity contribution >= 4 is 5.91 Å². The topological polar surface area (TPSA) is 41.6 Å². The minimum atomic E-state index is 0.219. The van der Waals surface area contributed by atoms with Crippen LogP contribution in [0.25, 0.3) is 0 Å². The van der Waals surface area contributed by atoms with Crippen molar-refractivity contribution in [1.82, 2.24) is 5.32 Å². The summed E-state index contributed by atoms with van der Waals surface area (Å²) >= 11 is 0. The van der Waals surface area contributed by atoms with E-state index in [4.69, 9.17) is 4.74 Å². The Balaban J connectivity index is 1.36. The second-order valence-electron chi connectivity index (χ2n) is 7.56. The predicted molar refractivity (Wildman–Crippen MR) is 109 cm³/mol. The number of carbonyl (C=O) groups is 1. The maximum absolute atomic E-state index is 11.5. The molecule has 1 saturated carbocycles. The molecule has 26 heavy (non-hydrogen) atoms. The summed E-state index contributed by atoms with van der Waals surface area (Å²) in [5.41, 5.74) is 0. The molecule has 0 aromatic rings. The van der Waals surface area contributed by atoms with Gasteiger partial charge >= 0.3 is 0 Å². The van der Waals surface area contributed by atoms with E-state index in [1.165, 1.54) is 38.5 Å². The number of ether oxygens (including phenoxy) is 1. The van der Waals surface area contributed by atoms with Crippen molar-refractivity contribution in [3.05, 3.63) is 36.5 Å². The fourth-order valence-corrected chi connectivity index (χ4v) is 3.03. The van der Waals surface area contributed by atoms with Crippen molar-refractivity contribution in [2.45, 2.75) is 102 Å². The third-order valence-electron chi connectivity index (χ3n) is 4.91. The van der Waals surface area contributed by atoms with E-state index in [9.17, 15) is 4.79 Å². The van der Waals surface area contributed by atoms with Gasteiger partial charge in [-0.05, 0) is 51.4 Å². The first kappa shape index (κ1) is 21.0. The number of epoxide rings is 1. The first-order chi connectivity index (χ1) is 12.8. The Morgan fingerprint density at radius 1 is 0.962 bits per heavy atom. The van der Waals surface area contributed by atoms with Crippen LogP contribution < -0.4 is 5.32 Å². The number of hydrogen-bond donors (Lipinski definition) is 1. The van der Waals surface area contributed by atoms with E-state index in [0.717, 1.165) is 32.1 Å². The van der Waals surface area contributed by atoms with Gasteiger partial charge in [-0.15, -0.1) is 0 Å². The lowest BCUT2D eigenvalue weighted by atomic mass is 10.1. The summed E-state index contributed by atoms with van der Waals surface area (Å²) in [6, 6.07) is 0.487. The number of unbranched alkanes of at least 4 members (excludes halogenated alkanes) is 3. The Hall–Kier alpha value is -1.35. The van der Waals surface area contributed by atoms with Crippen molar-refractivity contribution in [3.63, 3.8) is 0 Å². The molecule has 0 aromatic carbocycles. The molecule has 3 heteroatoms. The van der Waals surface area contributed by atoms with Crippen molar-refractivity contribution in [2.24, 2.45) is 0 Å². The van der Waals surface area contributed by atoms with Gasteiger partial charge in [-0.25, -0.2) is 0 Å². The molecule has 146 valence electrons. The van der Waals surface area contributed by atoms with Gasteiger partial charge < -0.3 is 10.1 Å². The monoisotopic (exact) mass is 359 g/mol. The van der Waals surface area contributed by atoms with Crippen molar-refractivity contribution in [3.8, 4) is 0 Å². The summed E-state index contributed by atoms with van der Waals surface area (Å²) in [7, 11) is 0. The Kier molecular flexibility index (Phi) is 10.4. The highest BCUT2D eigenvalue weighted by atomic mass is 16.6. The molecule has 2 rings (SSSR count). The number of nitrogens with one attached hydrogen (secondary N) is 1.